The average Bonchev–Trinajstić information content (AvgIpc) is 2.72. The number of halogens is 3. The van der Waals surface area contributed by atoms with Crippen LogP contribution in [0.2, 0.25) is 0 Å². The van der Waals surface area contributed by atoms with Crippen molar-refractivity contribution in [2.45, 2.75) is 12.8 Å². The van der Waals surface area contributed by atoms with E-state index in [1.54, 1.807) is 0 Å². The Hall–Kier alpha value is -3.36. The molecule has 152 valence electrons. The van der Waals surface area contributed by atoms with E-state index in [0.717, 1.165) is 24.3 Å². The monoisotopic (exact) mass is 405 g/mol. The first-order chi connectivity index (χ1) is 13.8. The molecule has 0 radical (unpaired) electrons. The summed E-state index contributed by atoms with van der Waals surface area (Å²) in [5.74, 6) is -4.18. The van der Waals surface area contributed by atoms with Crippen molar-refractivity contribution >= 4 is 17.7 Å². The maximum Gasteiger partial charge on any atom is 0.269 e. The number of nitrogens with one attached hydrogen (secondary N) is 2. The highest BCUT2D eigenvalue weighted by Gasteiger charge is 2.29. The van der Waals surface area contributed by atoms with E-state index in [0.29, 0.717) is 18.9 Å². The average molecular weight is 405 g/mol. The van der Waals surface area contributed by atoms with E-state index in [-0.39, 0.29) is 24.2 Å². The third-order valence-electron chi connectivity index (χ3n) is 4.72. The number of hydrogen-bond donors (Lipinski definition) is 2. The molecule has 2 N–H and O–H groups in total. The van der Waals surface area contributed by atoms with E-state index < -0.39 is 41.1 Å². The third kappa shape index (κ3) is 4.92. The highest BCUT2D eigenvalue weighted by atomic mass is 19.1. The molecule has 29 heavy (non-hydrogen) atoms. The molecule has 0 unspecified atom stereocenters. The zero-order valence-electron chi connectivity index (χ0n) is 15.3. The minimum absolute atomic E-state index is 0.188. The van der Waals surface area contributed by atoms with Gasteiger partial charge in [0.05, 0.1) is 5.56 Å². The van der Waals surface area contributed by atoms with Crippen molar-refractivity contribution in [1.82, 2.24) is 15.8 Å². The quantitative estimate of drug-likeness (QED) is 0.770. The van der Waals surface area contributed by atoms with E-state index >= 15 is 0 Å². The SMILES string of the molecule is O=C(NNC(=O)C1CCN(C(=O)c2ccc(F)cc2F)CC1)c1ccc(F)cc1. The Morgan fingerprint density at radius 2 is 1.48 bits per heavy atom. The first kappa shape index (κ1) is 20.4. The summed E-state index contributed by atoms with van der Waals surface area (Å²) in [7, 11) is 0. The van der Waals surface area contributed by atoms with Crippen LogP contribution in [0.5, 0.6) is 0 Å². The van der Waals surface area contributed by atoms with Crippen molar-refractivity contribution in [1.29, 1.82) is 0 Å². The number of hydrazine groups is 1. The third-order valence-corrected chi connectivity index (χ3v) is 4.72. The van der Waals surface area contributed by atoms with Gasteiger partial charge in [0.1, 0.15) is 17.5 Å². The number of likely N-dealkylation sites (tertiary alicyclic amines) is 1. The van der Waals surface area contributed by atoms with Crippen LogP contribution in [0, 0.1) is 23.4 Å². The molecule has 9 heteroatoms. The first-order valence-corrected chi connectivity index (χ1v) is 8.95. The Morgan fingerprint density at radius 3 is 2.10 bits per heavy atom. The van der Waals surface area contributed by atoms with Crippen molar-refractivity contribution in [2.24, 2.45) is 5.92 Å². The van der Waals surface area contributed by atoms with Crippen molar-refractivity contribution < 1.29 is 27.6 Å². The summed E-state index contributed by atoms with van der Waals surface area (Å²) in [6.45, 7) is 0.444. The number of rotatable bonds is 3. The summed E-state index contributed by atoms with van der Waals surface area (Å²) in [4.78, 5) is 38.0. The van der Waals surface area contributed by atoms with Crippen LogP contribution in [0.15, 0.2) is 42.5 Å². The van der Waals surface area contributed by atoms with Crippen LogP contribution in [0.1, 0.15) is 33.6 Å². The minimum atomic E-state index is -0.932. The molecular weight excluding hydrogens is 387 g/mol. The van der Waals surface area contributed by atoms with Crippen molar-refractivity contribution in [3.63, 3.8) is 0 Å². The van der Waals surface area contributed by atoms with Gasteiger partial charge in [-0.2, -0.15) is 0 Å². The lowest BCUT2D eigenvalue weighted by atomic mass is 9.95. The molecule has 1 saturated heterocycles. The van der Waals surface area contributed by atoms with Crippen LogP contribution in [-0.2, 0) is 4.79 Å². The number of benzene rings is 2. The van der Waals surface area contributed by atoms with Gasteiger partial charge in [-0.1, -0.05) is 0 Å². The maximum absolute atomic E-state index is 13.8. The second-order valence-corrected chi connectivity index (χ2v) is 6.64. The topological polar surface area (TPSA) is 78.5 Å². The summed E-state index contributed by atoms with van der Waals surface area (Å²) in [6.07, 6.45) is 0.652. The Kier molecular flexibility index (Phi) is 6.16. The molecule has 0 atom stereocenters. The van der Waals surface area contributed by atoms with Gasteiger partial charge >= 0.3 is 0 Å². The zero-order valence-corrected chi connectivity index (χ0v) is 15.3. The molecule has 0 spiro atoms. The van der Waals surface area contributed by atoms with Crippen molar-refractivity contribution in [3.8, 4) is 0 Å². The molecule has 0 aromatic heterocycles. The summed E-state index contributed by atoms with van der Waals surface area (Å²) >= 11 is 0. The van der Waals surface area contributed by atoms with Crippen molar-refractivity contribution in [2.75, 3.05) is 13.1 Å². The second kappa shape index (κ2) is 8.76. The van der Waals surface area contributed by atoms with Crippen LogP contribution >= 0.6 is 0 Å². The number of hydrogen-bond acceptors (Lipinski definition) is 3. The van der Waals surface area contributed by atoms with Gasteiger partial charge in [0.2, 0.25) is 5.91 Å². The lowest BCUT2D eigenvalue weighted by molar-refractivity contribution is -0.127. The number of nitrogens with zero attached hydrogens (tertiary/aromatic N) is 1. The standard InChI is InChI=1S/C20H18F3N3O3/c21-14-3-1-12(2-4-14)18(27)24-25-19(28)13-7-9-26(10-8-13)20(29)16-6-5-15(22)11-17(16)23/h1-6,11,13H,7-10H2,(H,24,27)(H,25,28). The molecule has 0 bridgehead atoms. The molecule has 1 heterocycles. The highest BCUT2D eigenvalue weighted by Crippen LogP contribution is 2.20. The Morgan fingerprint density at radius 1 is 0.862 bits per heavy atom. The second-order valence-electron chi connectivity index (χ2n) is 6.64. The van der Waals surface area contributed by atoms with Gasteiger partial charge in [-0.25, -0.2) is 13.2 Å². The maximum atomic E-state index is 13.8. The fourth-order valence-corrected chi connectivity index (χ4v) is 3.07. The Bertz CT molecular complexity index is 926. The fourth-order valence-electron chi connectivity index (χ4n) is 3.07. The van der Waals surface area contributed by atoms with Gasteiger partial charge in [-0.15, -0.1) is 0 Å². The van der Waals surface area contributed by atoms with E-state index in [9.17, 15) is 27.6 Å². The smallest absolute Gasteiger partial charge is 0.269 e. The number of amides is 3. The predicted octanol–water partition coefficient (Wildman–Crippen LogP) is 2.42. The van der Waals surface area contributed by atoms with Crippen LogP contribution in [0.3, 0.4) is 0 Å². The molecule has 2 aromatic carbocycles. The molecule has 0 saturated carbocycles. The van der Waals surface area contributed by atoms with E-state index in [1.165, 1.54) is 17.0 Å². The van der Waals surface area contributed by atoms with Gasteiger partial charge in [0.25, 0.3) is 11.8 Å². The molecule has 1 aliphatic heterocycles. The van der Waals surface area contributed by atoms with Gasteiger partial charge in [-0.05, 0) is 49.2 Å². The van der Waals surface area contributed by atoms with Gasteiger partial charge in [0, 0.05) is 30.6 Å². The fraction of sp³-hybridized carbons (Fsp3) is 0.250. The van der Waals surface area contributed by atoms with Crippen LogP contribution in [-0.4, -0.2) is 35.7 Å². The summed E-state index contributed by atoms with van der Waals surface area (Å²) in [5, 5.41) is 0. The van der Waals surface area contributed by atoms with Crippen molar-refractivity contribution in [3.05, 3.63) is 71.0 Å². The van der Waals surface area contributed by atoms with Gasteiger partial charge in [0.15, 0.2) is 0 Å². The summed E-state index contributed by atoms with van der Waals surface area (Å²) in [5.41, 5.74) is 4.55. The molecule has 6 nitrogen and oxygen atoms in total. The molecule has 3 rings (SSSR count). The highest BCUT2D eigenvalue weighted by molar-refractivity contribution is 5.96. The predicted molar refractivity (Wildman–Crippen MR) is 97.0 cm³/mol. The zero-order chi connectivity index (χ0) is 21.0. The molecule has 2 aromatic rings. The van der Waals surface area contributed by atoms with Crippen LogP contribution in [0.25, 0.3) is 0 Å². The van der Waals surface area contributed by atoms with Crippen LogP contribution in [0.4, 0.5) is 13.2 Å². The molecule has 3 amide bonds. The lowest BCUT2D eigenvalue weighted by Gasteiger charge is -2.31. The van der Waals surface area contributed by atoms with E-state index in [4.69, 9.17) is 0 Å². The minimum Gasteiger partial charge on any atom is -0.339 e. The van der Waals surface area contributed by atoms with Gasteiger partial charge < -0.3 is 4.90 Å². The molecular formula is C20H18F3N3O3. The number of carbonyl (C=O) groups is 3. The summed E-state index contributed by atoms with van der Waals surface area (Å²) in [6, 6.07) is 7.60. The van der Waals surface area contributed by atoms with Crippen LogP contribution < -0.4 is 10.9 Å². The van der Waals surface area contributed by atoms with Gasteiger partial charge in [-0.3, -0.25) is 25.2 Å². The molecule has 0 aliphatic carbocycles. The Labute approximate surface area is 164 Å². The normalized spacial score (nSPS) is 14.4. The number of piperidine rings is 1. The largest absolute Gasteiger partial charge is 0.339 e. The molecule has 1 fully saturated rings. The Balaban J connectivity index is 1.49. The molecule has 1 aliphatic rings. The first-order valence-electron chi connectivity index (χ1n) is 8.95. The van der Waals surface area contributed by atoms with E-state index in [2.05, 4.69) is 10.9 Å². The van der Waals surface area contributed by atoms with E-state index in [1.807, 2.05) is 0 Å². The summed E-state index contributed by atoms with van der Waals surface area (Å²) < 4.78 is 39.7. The number of carbonyl (C=O) groups excluding carboxylic acids is 3. The lowest BCUT2D eigenvalue weighted by Crippen LogP contribution is -2.48.